The Bertz CT molecular complexity index is 1860. The molecule has 0 bridgehead atoms. The Kier molecular flexibility index (Phi) is 11.3. The first-order valence-electron chi connectivity index (χ1n) is 17.3. The molecule has 2 aliphatic heterocycles. The molecule has 2 fully saturated rings. The number of nitriles is 1. The lowest BCUT2D eigenvalue weighted by Crippen LogP contribution is -2.55. The molecule has 11 nitrogen and oxygen atoms in total. The van der Waals surface area contributed by atoms with E-state index in [0.717, 1.165) is 49.3 Å². The largest absolute Gasteiger partial charge is 0.483 e. The third kappa shape index (κ3) is 7.92. The van der Waals surface area contributed by atoms with E-state index in [-0.39, 0.29) is 24.8 Å². The lowest BCUT2D eigenvalue weighted by atomic mass is 9.80. The van der Waals surface area contributed by atoms with E-state index in [2.05, 4.69) is 70.4 Å². The minimum atomic E-state index is -0.252. The van der Waals surface area contributed by atoms with Crippen LogP contribution in [0.25, 0.3) is 16.8 Å². The van der Waals surface area contributed by atoms with Crippen molar-refractivity contribution in [2.45, 2.75) is 56.5 Å². The van der Waals surface area contributed by atoms with Gasteiger partial charge in [-0.25, -0.2) is 0 Å². The Morgan fingerprint density at radius 3 is 2.62 bits per heavy atom. The molecule has 1 amide bonds. The second-order valence-corrected chi connectivity index (χ2v) is 13.1. The van der Waals surface area contributed by atoms with E-state index in [1.807, 2.05) is 17.0 Å². The van der Waals surface area contributed by atoms with Gasteiger partial charge in [-0.3, -0.25) is 14.6 Å². The van der Waals surface area contributed by atoms with Gasteiger partial charge in [0, 0.05) is 49.7 Å². The number of fused-ring (bicyclic) bond motifs is 2. The predicted octanol–water partition coefficient (Wildman–Crippen LogP) is 5.12. The van der Waals surface area contributed by atoms with E-state index in [4.69, 9.17) is 24.6 Å². The van der Waals surface area contributed by atoms with Crippen LogP contribution < -0.4 is 9.64 Å². The molecular weight excluding hydrogens is 630 g/mol. The van der Waals surface area contributed by atoms with Crippen LogP contribution in [0, 0.1) is 11.3 Å². The molecule has 258 valence electrons. The van der Waals surface area contributed by atoms with Crippen LogP contribution in [0.4, 0.5) is 5.82 Å². The van der Waals surface area contributed by atoms with E-state index < -0.39 is 0 Å². The molecule has 2 saturated heterocycles. The molecule has 1 N–H and O–H groups in total. The lowest BCUT2D eigenvalue weighted by molar-refractivity contribution is -0.128. The molecule has 11 heteroatoms. The number of likely N-dealkylation sites (tertiary alicyclic amines) is 1. The Labute approximate surface area is 292 Å². The fraction of sp³-hybridized carbons (Fsp3) is 0.385. The van der Waals surface area contributed by atoms with Crippen molar-refractivity contribution in [3.05, 3.63) is 95.5 Å². The molecule has 1 aliphatic carbocycles. The van der Waals surface area contributed by atoms with Gasteiger partial charge in [0.25, 0.3) is 6.47 Å². The topological polar surface area (TPSA) is 136 Å². The van der Waals surface area contributed by atoms with Crippen molar-refractivity contribution in [3.63, 3.8) is 0 Å². The van der Waals surface area contributed by atoms with Gasteiger partial charge in [0.05, 0.1) is 24.2 Å². The number of anilines is 1. The average molecular weight is 674 g/mol. The van der Waals surface area contributed by atoms with Crippen LogP contribution >= 0.6 is 0 Å². The quantitative estimate of drug-likeness (QED) is 0.198. The van der Waals surface area contributed by atoms with E-state index in [1.54, 1.807) is 24.5 Å². The highest BCUT2D eigenvalue weighted by Gasteiger charge is 2.34. The number of piperazine rings is 1. The van der Waals surface area contributed by atoms with E-state index >= 15 is 0 Å². The number of aromatic nitrogens is 3. The van der Waals surface area contributed by atoms with Gasteiger partial charge < -0.3 is 24.5 Å². The van der Waals surface area contributed by atoms with Crippen molar-refractivity contribution >= 4 is 35.0 Å². The standard InChI is InChI=1S/C38H41N7O2.CH2O2/c1-43-21-5-8-31(43)26-47-38-41-35-24-29(33-10-4-7-28-6-2-3-9-32(28)33)12-13-34(35)37(42-38)44-22-23-45(30(25-44)15-18-39)36(46)14-11-27-16-19-40-20-17-27;2-1-3/h2-4,6-7,9-11,14,16-17,19-20,29-31H,5,8,12-13,15,21-26H2,1H3;1H,(H,2,3)/b14-11+;/t29-,30-,31-;/m0./s1. The summed E-state index contributed by atoms with van der Waals surface area (Å²) in [5.41, 5.74) is 4.49. The molecule has 4 heterocycles. The number of pyridine rings is 1. The first-order valence-corrected chi connectivity index (χ1v) is 17.3. The number of amides is 1. The summed E-state index contributed by atoms with van der Waals surface area (Å²) in [5, 5.41) is 19.2. The molecule has 2 aromatic carbocycles. The molecule has 3 atom stereocenters. The summed E-state index contributed by atoms with van der Waals surface area (Å²) in [7, 11) is 2.15. The highest BCUT2D eigenvalue weighted by molar-refractivity contribution is 5.92. The van der Waals surface area contributed by atoms with Crippen LogP contribution in [-0.4, -0.2) is 94.2 Å². The lowest BCUT2D eigenvalue weighted by Gasteiger charge is -2.42. The Hall–Kier alpha value is -5.34. The number of rotatable bonds is 8. The molecule has 2 aromatic heterocycles. The van der Waals surface area contributed by atoms with Crippen molar-refractivity contribution in [2.75, 3.05) is 44.7 Å². The molecule has 7 rings (SSSR count). The Morgan fingerprint density at radius 1 is 1.04 bits per heavy atom. The minimum Gasteiger partial charge on any atom is -0.483 e. The molecule has 3 aliphatic rings. The molecule has 50 heavy (non-hydrogen) atoms. The molecule has 4 aromatic rings. The Morgan fingerprint density at radius 2 is 1.84 bits per heavy atom. The zero-order chi connectivity index (χ0) is 34.9. The number of hydrogen-bond acceptors (Lipinski definition) is 9. The zero-order valence-electron chi connectivity index (χ0n) is 28.4. The third-order valence-corrected chi connectivity index (χ3v) is 10.1. The van der Waals surface area contributed by atoms with Gasteiger partial charge in [-0.05, 0) is 91.7 Å². The van der Waals surface area contributed by atoms with Gasteiger partial charge in [0.1, 0.15) is 12.4 Å². The fourth-order valence-corrected chi connectivity index (χ4v) is 7.49. The van der Waals surface area contributed by atoms with Gasteiger partial charge >= 0.3 is 6.01 Å². The maximum absolute atomic E-state index is 13.3. The number of benzene rings is 2. The monoisotopic (exact) mass is 673 g/mol. The summed E-state index contributed by atoms with van der Waals surface area (Å²) >= 11 is 0. The van der Waals surface area contributed by atoms with E-state index in [0.29, 0.717) is 44.2 Å². The number of carbonyl (C=O) groups excluding carboxylic acids is 1. The first-order chi connectivity index (χ1) is 24.5. The number of hydrogen-bond donors (Lipinski definition) is 1. The number of likely N-dealkylation sites (N-methyl/N-ethyl adjacent to an activating group) is 1. The van der Waals surface area contributed by atoms with Gasteiger partial charge in [-0.1, -0.05) is 42.5 Å². The number of carbonyl (C=O) groups is 2. The molecular formula is C39H43N7O4. The van der Waals surface area contributed by atoms with Crippen molar-refractivity contribution in [3.8, 4) is 12.1 Å². The van der Waals surface area contributed by atoms with Crippen LogP contribution in [-0.2, 0) is 22.4 Å². The second-order valence-electron chi connectivity index (χ2n) is 13.1. The number of ether oxygens (including phenoxy) is 1. The summed E-state index contributed by atoms with van der Waals surface area (Å²) in [6.07, 6.45) is 12.0. The molecule has 0 spiro atoms. The van der Waals surface area contributed by atoms with Gasteiger partial charge in [0.15, 0.2) is 0 Å². The van der Waals surface area contributed by atoms with Gasteiger partial charge in [-0.15, -0.1) is 0 Å². The third-order valence-electron chi connectivity index (χ3n) is 10.1. The number of nitrogens with zero attached hydrogens (tertiary/aromatic N) is 7. The number of carboxylic acid groups (broad SMARTS) is 1. The van der Waals surface area contributed by atoms with Crippen LogP contribution in [0.1, 0.15) is 54.0 Å². The highest BCUT2D eigenvalue weighted by Crippen LogP contribution is 2.39. The zero-order valence-corrected chi connectivity index (χ0v) is 28.4. The van der Waals surface area contributed by atoms with Crippen molar-refractivity contribution < 1.29 is 19.4 Å². The van der Waals surface area contributed by atoms with Gasteiger partial charge in [0.2, 0.25) is 5.91 Å². The normalized spacial score (nSPS) is 20.5. The summed E-state index contributed by atoms with van der Waals surface area (Å²) < 4.78 is 6.36. The van der Waals surface area contributed by atoms with Crippen LogP contribution in [0.3, 0.4) is 0 Å². The maximum atomic E-state index is 13.3. The summed E-state index contributed by atoms with van der Waals surface area (Å²) in [6, 6.07) is 21.8. The molecule has 0 radical (unpaired) electrons. The molecule has 0 unspecified atom stereocenters. The fourth-order valence-electron chi connectivity index (χ4n) is 7.49. The van der Waals surface area contributed by atoms with E-state index in [1.165, 1.54) is 28.3 Å². The predicted molar refractivity (Wildman–Crippen MR) is 192 cm³/mol. The average Bonchev–Trinajstić information content (AvgIpc) is 3.57. The van der Waals surface area contributed by atoms with Crippen molar-refractivity contribution in [1.29, 1.82) is 5.26 Å². The first kappa shape index (κ1) is 34.5. The molecule has 0 saturated carbocycles. The smallest absolute Gasteiger partial charge is 0.318 e. The summed E-state index contributed by atoms with van der Waals surface area (Å²) in [4.78, 5) is 42.3. The second kappa shape index (κ2) is 16.4. The maximum Gasteiger partial charge on any atom is 0.318 e. The SMILES string of the molecule is CN1CCC[C@H]1COc1nc2c(c(N3CCN(C(=O)/C=C/c4ccncc4)[C@@H](CC#N)C3)n1)CC[C@H](c1cccc3ccccc13)C2.O=CO. The van der Waals surface area contributed by atoms with Crippen molar-refractivity contribution in [2.24, 2.45) is 0 Å². The van der Waals surface area contributed by atoms with Crippen LogP contribution in [0.5, 0.6) is 6.01 Å². The Balaban J connectivity index is 0.00000139. The minimum absolute atomic E-state index is 0.0888. The summed E-state index contributed by atoms with van der Waals surface area (Å²) in [6.45, 7) is 3.05. The van der Waals surface area contributed by atoms with Crippen LogP contribution in [0.15, 0.2) is 73.1 Å². The van der Waals surface area contributed by atoms with Crippen LogP contribution in [0.2, 0.25) is 0 Å². The van der Waals surface area contributed by atoms with Gasteiger partial charge in [-0.2, -0.15) is 15.2 Å². The van der Waals surface area contributed by atoms with E-state index in [9.17, 15) is 10.1 Å². The van der Waals surface area contributed by atoms with Crippen molar-refractivity contribution in [1.82, 2.24) is 24.8 Å². The highest BCUT2D eigenvalue weighted by atomic mass is 16.5. The summed E-state index contributed by atoms with van der Waals surface area (Å²) in [5.74, 6) is 1.15.